The lowest BCUT2D eigenvalue weighted by Gasteiger charge is -2.09. The molecule has 0 spiro atoms. The molecule has 4 rings (SSSR count). The molecule has 31 heavy (non-hydrogen) atoms. The highest BCUT2D eigenvalue weighted by Crippen LogP contribution is 2.32. The summed E-state index contributed by atoms with van der Waals surface area (Å²) in [6.45, 7) is 1.38. The second kappa shape index (κ2) is 10.8. The average Bonchev–Trinajstić information content (AvgIpc) is 3.42. The molecule has 1 saturated heterocycles. The zero-order valence-corrected chi connectivity index (χ0v) is 22.3. The SMILES string of the molecule is O=C(CSc1nc2ccc(N=Cc3cc(I)c(O)c(I)c3)cc2s1)NC[C@@H]1CCCO1. The number of phenols is 1. The number of aromatic nitrogens is 1. The van der Waals surface area contributed by atoms with Crippen molar-refractivity contribution >= 4 is 96.3 Å². The standard InChI is InChI=1S/C21H19I2N3O3S2/c22-15-6-12(7-16(23)20(15)28)9-24-13-3-4-17-18(8-13)31-21(26-17)30-11-19(27)25-10-14-2-1-5-29-14/h3-4,6-9,14,28H,1-2,5,10-11H2,(H,25,27)/t14-/m0/s1. The minimum atomic E-state index is 0.00297. The molecule has 0 aliphatic carbocycles. The van der Waals surface area contributed by atoms with Crippen molar-refractivity contribution in [1.82, 2.24) is 10.3 Å². The molecule has 6 nitrogen and oxygen atoms in total. The molecule has 1 aromatic heterocycles. The molecule has 1 amide bonds. The summed E-state index contributed by atoms with van der Waals surface area (Å²) in [6, 6.07) is 9.67. The minimum Gasteiger partial charge on any atom is -0.506 e. The maximum Gasteiger partial charge on any atom is 0.230 e. The van der Waals surface area contributed by atoms with Crippen molar-refractivity contribution < 1.29 is 14.6 Å². The van der Waals surface area contributed by atoms with Crippen LogP contribution >= 0.6 is 68.3 Å². The normalized spacial score (nSPS) is 16.4. The molecular formula is C21H19I2N3O3S2. The van der Waals surface area contributed by atoms with Crippen LogP contribution in [0.1, 0.15) is 18.4 Å². The number of nitrogens with one attached hydrogen (secondary N) is 1. The number of thiazole rings is 1. The lowest BCUT2D eigenvalue weighted by molar-refractivity contribution is -0.119. The first kappa shape index (κ1) is 23.2. The summed E-state index contributed by atoms with van der Waals surface area (Å²) in [4.78, 5) is 21.3. The molecule has 2 N–H and O–H groups in total. The Morgan fingerprint density at radius 3 is 2.90 bits per heavy atom. The number of benzene rings is 2. The van der Waals surface area contributed by atoms with Crippen LogP contribution in [0.4, 0.5) is 5.69 Å². The van der Waals surface area contributed by atoms with Crippen LogP contribution in [-0.4, -0.2) is 47.2 Å². The van der Waals surface area contributed by atoms with Crippen molar-refractivity contribution in [2.24, 2.45) is 4.99 Å². The van der Waals surface area contributed by atoms with Gasteiger partial charge in [0.15, 0.2) is 4.34 Å². The van der Waals surface area contributed by atoms with Gasteiger partial charge in [-0.25, -0.2) is 4.98 Å². The van der Waals surface area contributed by atoms with Gasteiger partial charge in [0.2, 0.25) is 5.91 Å². The number of aliphatic imine (C=N–C) groups is 1. The highest BCUT2D eigenvalue weighted by Gasteiger charge is 2.16. The fourth-order valence-electron chi connectivity index (χ4n) is 3.05. The van der Waals surface area contributed by atoms with Crippen molar-refractivity contribution in [1.29, 1.82) is 0 Å². The van der Waals surface area contributed by atoms with E-state index in [4.69, 9.17) is 4.74 Å². The number of amides is 1. The summed E-state index contributed by atoms with van der Waals surface area (Å²) >= 11 is 7.23. The Morgan fingerprint density at radius 2 is 2.16 bits per heavy atom. The van der Waals surface area contributed by atoms with Gasteiger partial charge in [-0.1, -0.05) is 11.8 Å². The van der Waals surface area contributed by atoms with Gasteiger partial charge in [0.05, 0.1) is 34.9 Å². The third-order valence-corrected chi connectivity index (χ3v) is 8.44. The topological polar surface area (TPSA) is 83.8 Å². The molecule has 0 bridgehead atoms. The van der Waals surface area contributed by atoms with E-state index in [0.717, 1.165) is 52.4 Å². The van der Waals surface area contributed by atoms with E-state index >= 15 is 0 Å². The third kappa shape index (κ3) is 6.30. The fraction of sp³-hybridized carbons (Fsp3) is 0.286. The second-order valence-corrected chi connectivity index (χ2v) is 11.5. The molecule has 2 aromatic carbocycles. The maximum absolute atomic E-state index is 12.1. The van der Waals surface area contributed by atoms with Crippen LogP contribution in [0.2, 0.25) is 0 Å². The van der Waals surface area contributed by atoms with Gasteiger partial charge >= 0.3 is 0 Å². The van der Waals surface area contributed by atoms with E-state index in [1.54, 1.807) is 17.6 Å². The predicted molar refractivity (Wildman–Crippen MR) is 143 cm³/mol. The molecule has 0 radical (unpaired) electrons. The number of hydrogen-bond acceptors (Lipinski definition) is 7. The van der Waals surface area contributed by atoms with Crippen LogP contribution in [0.25, 0.3) is 10.2 Å². The summed E-state index contributed by atoms with van der Waals surface area (Å²) in [5, 5.41) is 12.8. The third-order valence-electron chi connectivity index (χ3n) is 4.63. The molecule has 1 fully saturated rings. The van der Waals surface area contributed by atoms with Gasteiger partial charge in [-0.2, -0.15) is 0 Å². The second-order valence-electron chi connectivity index (χ2n) is 6.95. The van der Waals surface area contributed by atoms with Crippen LogP contribution in [-0.2, 0) is 9.53 Å². The van der Waals surface area contributed by atoms with Gasteiger partial charge in [0, 0.05) is 19.4 Å². The van der Waals surface area contributed by atoms with Gasteiger partial charge in [0.1, 0.15) is 5.75 Å². The van der Waals surface area contributed by atoms with Gasteiger partial charge < -0.3 is 15.2 Å². The number of carbonyl (C=O) groups is 1. The Morgan fingerprint density at radius 1 is 1.35 bits per heavy atom. The molecule has 10 heteroatoms. The summed E-state index contributed by atoms with van der Waals surface area (Å²) in [5.41, 5.74) is 2.67. The number of ether oxygens (including phenoxy) is 1. The number of carbonyl (C=O) groups excluding carboxylic acids is 1. The van der Waals surface area contributed by atoms with E-state index in [2.05, 4.69) is 60.5 Å². The number of fused-ring (bicyclic) bond motifs is 1. The van der Waals surface area contributed by atoms with E-state index in [9.17, 15) is 9.90 Å². The number of rotatable bonds is 7. The van der Waals surface area contributed by atoms with E-state index in [1.807, 2.05) is 30.3 Å². The molecule has 2 heterocycles. The highest BCUT2D eigenvalue weighted by atomic mass is 127. The lowest BCUT2D eigenvalue weighted by Crippen LogP contribution is -2.32. The van der Waals surface area contributed by atoms with E-state index < -0.39 is 0 Å². The van der Waals surface area contributed by atoms with Crippen molar-refractivity contribution in [3.8, 4) is 5.75 Å². The number of hydrogen-bond donors (Lipinski definition) is 2. The molecule has 1 aliphatic heterocycles. The Labute approximate surface area is 215 Å². The Bertz CT molecular complexity index is 1110. The number of halogens is 2. The number of phenolic OH excluding ortho intramolecular Hbond substituents is 1. The van der Waals surface area contributed by atoms with Crippen LogP contribution in [0.5, 0.6) is 5.75 Å². The minimum absolute atomic E-state index is 0.00297. The van der Waals surface area contributed by atoms with Crippen molar-refractivity contribution in [3.05, 3.63) is 43.0 Å². The Balaban J connectivity index is 1.37. The average molecular weight is 679 g/mol. The van der Waals surface area contributed by atoms with Crippen molar-refractivity contribution in [3.63, 3.8) is 0 Å². The van der Waals surface area contributed by atoms with Gasteiger partial charge in [0.25, 0.3) is 0 Å². The zero-order chi connectivity index (χ0) is 21.8. The monoisotopic (exact) mass is 679 g/mol. The van der Waals surface area contributed by atoms with Crippen molar-refractivity contribution in [2.45, 2.75) is 23.3 Å². The molecule has 3 aromatic rings. The van der Waals surface area contributed by atoms with Crippen LogP contribution < -0.4 is 5.32 Å². The molecule has 1 aliphatic rings. The van der Waals surface area contributed by atoms with Crippen LogP contribution in [0, 0.1) is 7.14 Å². The summed E-state index contributed by atoms with van der Waals surface area (Å²) in [6.07, 6.45) is 4.03. The fourth-order valence-corrected chi connectivity index (χ4v) is 6.80. The largest absolute Gasteiger partial charge is 0.506 e. The van der Waals surface area contributed by atoms with Gasteiger partial charge in [-0.3, -0.25) is 9.79 Å². The van der Waals surface area contributed by atoms with Crippen molar-refractivity contribution in [2.75, 3.05) is 18.9 Å². The van der Waals surface area contributed by atoms with E-state index in [-0.39, 0.29) is 12.0 Å². The first-order chi connectivity index (χ1) is 15.0. The summed E-state index contributed by atoms with van der Waals surface area (Å²) in [7, 11) is 0. The number of thioether (sulfide) groups is 1. The first-order valence-electron chi connectivity index (χ1n) is 9.62. The molecule has 1 atom stereocenters. The number of aromatic hydroxyl groups is 1. The predicted octanol–water partition coefficient (Wildman–Crippen LogP) is 5.35. The summed E-state index contributed by atoms with van der Waals surface area (Å²) < 4.78 is 9.02. The lowest BCUT2D eigenvalue weighted by atomic mass is 10.2. The first-order valence-corrected chi connectivity index (χ1v) is 13.6. The number of nitrogens with zero attached hydrogens (tertiary/aromatic N) is 2. The quantitative estimate of drug-likeness (QED) is 0.200. The highest BCUT2D eigenvalue weighted by molar-refractivity contribution is 14.1. The summed E-state index contributed by atoms with van der Waals surface area (Å²) in [5.74, 6) is 0.647. The Kier molecular flexibility index (Phi) is 8.06. The maximum atomic E-state index is 12.1. The Hall–Kier alpha value is -0.960. The molecule has 0 saturated carbocycles. The van der Waals surface area contributed by atoms with Gasteiger partial charge in [-0.05, 0) is 93.9 Å². The smallest absolute Gasteiger partial charge is 0.230 e. The van der Waals surface area contributed by atoms with Gasteiger partial charge in [-0.15, -0.1) is 11.3 Å². The molecular weight excluding hydrogens is 660 g/mol. The molecule has 0 unspecified atom stereocenters. The van der Waals surface area contributed by atoms with E-state index in [1.165, 1.54) is 11.8 Å². The van der Waals surface area contributed by atoms with Crippen LogP contribution in [0.3, 0.4) is 0 Å². The van der Waals surface area contributed by atoms with Crippen LogP contribution in [0.15, 0.2) is 39.7 Å². The molecule has 162 valence electrons. The zero-order valence-electron chi connectivity index (χ0n) is 16.3. The van der Waals surface area contributed by atoms with E-state index in [0.29, 0.717) is 18.0 Å².